The van der Waals surface area contributed by atoms with Crippen molar-refractivity contribution in [3.8, 4) is 6.07 Å². The van der Waals surface area contributed by atoms with Gasteiger partial charge in [0, 0.05) is 22.2 Å². The van der Waals surface area contributed by atoms with Crippen molar-refractivity contribution in [1.29, 1.82) is 5.26 Å². The lowest BCUT2D eigenvalue weighted by atomic mass is 9.73. The van der Waals surface area contributed by atoms with Gasteiger partial charge in [-0.15, -0.1) is 0 Å². The number of halogens is 2. The normalized spacial score (nSPS) is 20.3. The lowest BCUT2D eigenvalue weighted by Crippen LogP contribution is -2.51. The molecule has 1 N–H and O–H groups in total. The van der Waals surface area contributed by atoms with E-state index in [9.17, 15) is 13.7 Å². The van der Waals surface area contributed by atoms with Crippen molar-refractivity contribution < 1.29 is 8.42 Å². The maximum Gasteiger partial charge on any atom is 0.178 e. The molecule has 0 aromatic heterocycles. The quantitative estimate of drug-likeness (QED) is 0.412. The summed E-state index contributed by atoms with van der Waals surface area (Å²) in [4.78, 5) is 0.346. The molecule has 0 fully saturated rings. The first kappa shape index (κ1) is 26.5. The van der Waals surface area contributed by atoms with Gasteiger partial charge in [-0.05, 0) is 54.2 Å². The summed E-state index contributed by atoms with van der Waals surface area (Å²) >= 11 is 12.8. The highest BCUT2D eigenvalue weighted by atomic mass is 35.5. The molecule has 0 heterocycles. The fourth-order valence-electron chi connectivity index (χ4n) is 4.40. The van der Waals surface area contributed by atoms with E-state index in [1.807, 2.05) is 24.3 Å². The van der Waals surface area contributed by atoms with Crippen molar-refractivity contribution >= 4 is 38.6 Å². The van der Waals surface area contributed by atoms with Crippen molar-refractivity contribution in [2.75, 3.05) is 12.3 Å². The molecule has 1 aliphatic rings. The zero-order chi connectivity index (χ0) is 24.9. The molecular formula is C27H30Cl2N2O2S. The van der Waals surface area contributed by atoms with Crippen LogP contribution >= 0.6 is 23.2 Å². The Kier molecular flexibility index (Phi) is 8.65. The summed E-state index contributed by atoms with van der Waals surface area (Å²) in [7, 11) is -3.21. The van der Waals surface area contributed by atoms with E-state index in [0.29, 0.717) is 33.8 Å². The summed E-state index contributed by atoms with van der Waals surface area (Å²) in [5, 5.41) is 14.8. The number of nitrogens with one attached hydrogen (secondary N) is 1. The Morgan fingerprint density at radius 1 is 1.12 bits per heavy atom. The largest absolute Gasteiger partial charge is 0.306 e. The van der Waals surface area contributed by atoms with Gasteiger partial charge in [-0.25, -0.2) is 8.42 Å². The van der Waals surface area contributed by atoms with Crippen LogP contribution in [0, 0.1) is 23.2 Å². The van der Waals surface area contributed by atoms with Gasteiger partial charge in [0.05, 0.1) is 28.2 Å². The molecule has 4 nitrogen and oxygen atoms in total. The van der Waals surface area contributed by atoms with Crippen LogP contribution in [0.3, 0.4) is 0 Å². The van der Waals surface area contributed by atoms with Gasteiger partial charge in [0.1, 0.15) is 0 Å². The van der Waals surface area contributed by atoms with Gasteiger partial charge in [0.2, 0.25) is 0 Å². The van der Waals surface area contributed by atoms with Crippen LogP contribution in [-0.4, -0.2) is 26.3 Å². The molecule has 2 unspecified atom stereocenters. The van der Waals surface area contributed by atoms with Crippen molar-refractivity contribution in [3.63, 3.8) is 0 Å². The molecule has 0 radical (unpaired) electrons. The Balaban J connectivity index is 1.80. The average molecular weight is 518 g/mol. The number of allylic oxidation sites excluding steroid dienone is 2. The number of benzene rings is 2. The molecular weight excluding hydrogens is 487 g/mol. The molecule has 2 aromatic carbocycles. The van der Waals surface area contributed by atoms with E-state index < -0.39 is 21.3 Å². The minimum absolute atomic E-state index is 0.0857. The van der Waals surface area contributed by atoms with E-state index in [1.54, 1.807) is 37.3 Å². The van der Waals surface area contributed by atoms with E-state index in [0.717, 1.165) is 23.1 Å². The van der Waals surface area contributed by atoms with E-state index in [-0.39, 0.29) is 5.75 Å². The van der Waals surface area contributed by atoms with E-state index >= 15 is 0 Å². The summed E-state index contributed by atoms with van der Waals surface area (Å²) in [5.41, 5.74) is 2.10. The average Bonchev–Trinajstić information content (AvgIpc) is 2.80. The van der Waals surface area contributed by atoms with Crippen LogP contribution in [0.2, 0.25) is 10.0 Å². The van der Waals surface area contributed by atoms with E-state index in [4.69, 9.17) is 23.2 Å². The Hall–Kier alpha value is -2.10. The third-order valence-electron chi connectivity index (χ3n) is 6.13. The monoisotopic (exact) mass is 516 g/mol. The van der Waals surface area contributed by atoms with Crippen LogP contribution < -0.4 is 5.32 Å². The van der Waals surface area contributed by atoms with Crippen LogP contribution in [-0.2, 0) is 16.3 Å². The second-order valence-corrected chi connectivity index (χ2v) is 12.1. The standard InChI is InChI=1S/C27H30Cl2N2O2S/c1-4-34(32,33)23-10-8-20(9-11-23)13-15-31-27(17-19(2)3)14-12-21(16-22(27)18-30)26-24(28)6-5-7-25(26)29/h5-12,14,16,19,22,31H,4,13,15,17H2,1-3H3. The summed E-state index contributed by atoms with van der Waals surface area (Å²) < 4.78 is 24.1. The number of nitrogens with zero attached hydrogens (tertiary/aromatic N) is 1. The lowest BCUT2D eigenvalue weighted by Gasteiger charge is -2.39. The highest BCUT2D eigenvalue weighted by Gasteiger charge is 2.38. The molecule has 3 rings (SSSR count). The molecule has 0 bridgehead atoms. The van der Waals surface area contributed by atoms with Crippen molar-refractivity contribution in [2.24, 2.45) is 11.8 Å². The molecule has 0 saturated heterocycles. The summed E-state index contributed by atoms with van der Waals surface area (Å²) in [6.07, 6.45) is 7.53. The molecule has 0 spiro atoms. The maximum absolute atomic E-state index is 12.0. The smallest absolute Gasteiger partial charge is 0.178 e. The van der Waals surface area contributed by atoms with Crippen molar-refractivity contribution in [2.45, 2.75) is 44.0 Å². The van der Waals surface area contributed by atoms with Crippen molar-refractivity contribution in [1.82, 2.24) is 5.32 Å². The van der Waals surface area contributed by atoms with E-state index in [1.165, 1.54) is 0 Å². The predicted octanol–water partition coefficient (Wildman–Crippen LogP) is 6.50. The second kappa shape index (κ2) is 11.1. The molecule has 0 aliphatic heterocycles. The van der Waals surface area contributed by atoms with Gasteiger partial charge in [0.25, 0.3) is 0 Å². The summed E-state index contributed by atoms with van der Waals surface area (Å²) in [6.45, 7) is 6.57. The number of hydrogen-bond acceptors (Lipinski definition) is 4. The van der Waals surface area contributed by atoms with Crippen LogP contribution in [0.25, 0.3) is 5.57 Å². The Morgan fingerprint density at radius 3 is 2.32 bits per heavy atom. The van der Waals surface area contributed by atoms with Gasteiger partial charge in [-0.1, -0.05) is 80.4 Å². The molecule has 0 amide bonds. The fraction of sp³-hybridized carbons (Fsp3) is 0.370. The molecule has 7 heteroatoms. The van der Waals surface area contributed by atoms with Gasteiger partial charge >= 0.3 is 0 Å². The minimum Gasteiger partial charge on any atom is -0.306 e. The first-order chi connectivity index (χ1) is 16.1. The van der Waals surface area contributed by atoms with Gasteiger partial charge in [0.15, 0.2) is 9.84 Å². The topological polar surface area (TPSA) is 70.0 Å². The van der Waals surface area contributed by atoms with Gasteiger partial charge in [-0.2, -0.15) is 5.26 Å². The van der Waals surface area contributed by atoms with Crippen LogP contribution in [0.15, 0.2) is 65.6 Å². The maximum atomic E-state index is 12.0. The molecule has 1 aliphatic carbocycles. The molecule has 34 heavy (non-hydrogen) atoms. The molecule has 2 atom stereocenters. The third-order valence-corrected chi connectivity index (χ3v) is 8.51. The Morgan fingerprint density at radius 2 is 1.76 bits per heavy atom. The van der Waals surface area contributed by atoms with Gasteiger partial charge < -0.3 is 5.32 Å². The summed E-state index contributed by atoms with van der Waals surface area (Å²) in [6, 6.07) is 14.9. The third kappa shape index (κ3) is 5.93. The highest BCUT2D eigenvalue weighted by molar-refractivity contribution is 7.91. The highest BCUT2D eigenvalue weighted by Crippen LogP contribution is 2.39. The van der Waals surface area contributed by atoms with Crippen LogP contribution in [0.5, 0.6) is 0 Å². The van der Waals surface area contributed by atoms with E-state index in [2.05, 4.69) is 31.3 Å². The zero-order valence-electron chi connectivity index (χ0n) is 19.7. The first-order valence-corrected chi connectivity index (χ1v) is 13.8. The number of rotatable bonds is 9. The van der Waals surface area contributed by atoms with Crippen LogP contribution in [0.1, 0.15) is 38.3 Å². The lowest BCUT2D eigenvalue weighted by molar-refractivity contribution is 0.293. The molecule has 2 aromatic rings. The Bertz CT molecular complexity index is 1210. The molecule has 180 valence electrons. The predicted molar refractivity (Wildman–Crippen MR) is 141 cm³/mol. The summed E-state index contributed by atoms with van der Waals surface area (Å²) in [5.74, 6) is 0.0484. The fourth-order valence-corrected chi connectivity index (χ4v) is 5.90. The zero-order valence-corrected chi connectivity index (χ0v) is 22.0. The number of hydrogen-bond donors (Lipinski definition) is 1. The second-order valence-electron chi connectivity index (χ2n) is 9.02. The molecule has 0 saturated carbocycles. The number of sulfone groups is 1. The van der Waals surface area contributed by atoms with Crippen molar-refractivity contribution in [3.05, 3.63) is 81.9 Å². The SMILES string of the molecule is CCS(=O)(=O)c1ccc(CCNC2(CC(C)C)C=CC(c3c(Cl)cccc3Cl)=CC2C#N)cc1. The van der Waals surface area contributed by atoms with Gasteiger partial charge in [-0.3, -0.25) is 0 Å². The first-order valence-electron chi connectivity index (χ1n) is 11.4. The minimum atomic E-state index is -3.21. The van der Waals surface area contributed by atoms with Crippen LogP contribution in [0.4, 0.5) is 0 Å². The number of nitriles is 1. The Labute approximate surface area is 213 Å².